The van der Waals surface area contributed by atoms with E-state index in [1.165, 1.54) is 0 Å². The Morgan fingerprint density at radius 3 is 2.65 bits per heavy atom. The predicted octanol–water partition coefficient (Wildman–Crippen LogP) is 4.72. The van der Waals surface area contributed by atoms with E-state index in [1.54, 1.807) is 24.3 Å². The van der Waals surface area contributed by atoms with Gasteiger partial charge in [0.2, 0.25) is 0 Å². The lowest BCUT2D eigenvalue weighted by molar-refractivity contribution is 0.200. The topological polar surface area (TPSA) is 43.8 Å². The normalized spacial score (nSPS) is 17.5. The second-order valence-corrected chi connectivity index (χ2v) is 7.04. The molecule has 0 saturated carbocycles. The van der Waals surface area contributed by atoms with Crippen molar-refractivity contribution in [1.29, 1.82) is 0 Å². The number of carbonyl (C=O) groups is 1. The lowest BCUT2D eigenvalue weighted by Crippen LogP contribution is -2.35. The van der Waals surface area contributed by atoms with E-state index in [4.69, 9.17) is 11.6 Å². The maximum absolute atomic E-state index is 13.9. The summed E-state index contributed by atoms with van der Waals surface area (Å²) < 4.78 is 27.8. The second-order valence-electron chi connectivity index (χ2n) is 6.60. The molecule has 4 nitrogen and oxygen atoms in total. The summed E-state index contributed by atoms with van der Waals surface area (Å²) in [4.78, 5) is 15.1. The van der Waals surface area contributed by atoms with E-state index in [1.807, 2.05) is 7.05 Å². The monoisotopic (exact) mass is 380 g/mol. The van der Waals surface area contributed by atoms with Crippen molar-refractivity contribution >= 4 is 23.4 Å². The van der Waals surface area contributed by atoms with Crippen molar-refractivity contribution in [2.75, 3.05) is 31.6 Å². The van der Waals surface area contributed by atoms with Gasteiger partial charge in [-0.25, -0.2) is 13.6 Å². The number of likely N-dealkylation sites (tertiary alicyclic amines) is 1. The molecule has 0 aliphatic carbocycles. The quantitative estimate of drug-likeness (QED) is 0.834. The first kappa shape index (κ1) is 18.6. The molecule has 0 spiro atoms. The predicted molar refractivity (Wildman–Crippen MR) is 97.8 cm³/mol. The lowest BCUT2D eigenvalue weighted by Gasteiger charge is -2.25. The molecule has 26 heavy (non-hydrogen) atoms. The Hall–Kier alpha value is -2.18. The van der Waals surface area contributed by atoms with Crippen LogP contribution < -0.4 is 4.90 Å². The molecule has 3 rings (SSSR count). The van der Waals surface area contributed by atoms with E-state index in [0.717, 1.165) is 36.5 Å². The summed E-state index contributed by atoms with van der Waals surface area (Å²) in [5.74, 6) is -1.98. The number of anilines is 1. The minimum absolute atomic E-state index is 0.119. The molecule has 1 aliphatic heterocycles. The van der Waals surface area contributed by atoms with Gasteiger partial charge in [0.1, 0.15) is 0 Å². The summed E-state index contributed by atoms with van der Waals surface area (Å²) in [5, 5.41) is 10.1. The maximum Gasteiger partial charge on any atom is 0.411 e. The number of rotatable bonds is 4. The Labute approximate surface area is 155 Å². The summed E-state index contributed by atoms with van der Waals surface area (Å²) in [5.41, 5.74) is 0.939. The molecule has 2 aromatic carbocycles. The third kappa shape index (κ3) is 3.97. The van der Waals surface area contributed by atoms with Crippen molar-refractivity contribution in [3.63, 3.8) is 0 Å². The highest BCUT2D eigenvalue weighted by Crippen LogP contribution is 2.35. The van der Waals surface area contributed by atoms with Crippen LogP contribution in [0, 0.1) is 17.6 Å². The molecule has 0 unspecified atom stereocenters. The highest BCUT2D eigenvalue weighted by atomic mass is 35.5. The molecule has 0 bridgehead atoms. The molecular weight excluding hydrogens is 362 g/mol. The molecule has 1 amide bonds. The van der Waals surface area contributed by atoms with E-state index in [9.17, 15) is 18.7 Å². The number of nitrogens with zero attached hydrogens (tertiary/aromatic N) is 2. The Balaban J connectivity index is 2.05. The summed E-state index contributed by atoms with van der Waals surface area (Å²) in [6.07, 6.45) is -0.343. The molecule has 138 valence electrons. The summed E-state index contributed by atoms with van der Waals surface area (Å²) in [6, 6.07) is 8.59. The van der Waals surface area contributed by atoms with Gasteiger partial charge in [0.15, 0.2) is 11.6 Å². The zero-order valence-electron chi connectivity index (χ0n) is 14.3. The SMILES string of the molecule is CN1CC[C@@H](CN(C(=O)O)c2cc(F)c(F)cc2-c2cccc(Cl)c2)C1. The van der Waals surface area contributed by atoms with Crippen LogP contribution in [0.25, 0.3) is 11.1 Å². The highest BCUT2D eigenvalue weighted by Gasteiger charge is 2.28. The molecule has 1 atom stereocenters. The summed E-state index contributed by atoms with van der Waals surface area (Å²) >= 11 is 6.01. The standard InChI is InChI=1S/C19H19ClF2N2O2/c1-23-6-5-12(10-23)11-24(19(25)26)18-9-17(22)16(21)8-15(18)13-3-2-4-14(20)7-13/h2-4,7-9,12H,5-6,10-11H2,1H3,(H,25,26)/t12-/m1/s1. The average molecular weight is 381 g/mol. The van der Waals surface area contributed by atoms with E-state index in [-0.39, 0.29) is 18.2 Å². The number of amides is 1. The van der Waals surface area contributed by atoms with Crippen LogP contribution in [-0.4, -0.2) is 42.8 Å². The number of hydrogen-bond donors (Lipinski definition) is 1. The summed E-state index contributed by atoms with van der Waals surface area (Å²) in [7, 11) is 1.97. The molecular formula is C19H19ClF2N2O2. The van der Waals surface area contributed by atoms with Gasteiger partial charge in [-0.3, -0.25) is 4.90 Å². The van der Waals surface area contributed by atoms with Crippen LogP contribution in [-0.2, 0) is 0 Å². The van der Waals surface area contributed by atoms with Gasteiger partial charge in [-0.05, 0) is 49.7 Å². The fraction of sp³-hybridized carbons (Fsp3) is 0.316. The van der Waals surface area contributed by atoms with Crippen LogP contribution in [0.3, 0.4) is 0 Å². The highest BCUT2D eigenvalue weighted by molar-refractivity contribution is 6.30. The van der Waals surface area contributed by atoms with Gasteiger partial charge < -0.3 is 10.0 Å². The molecule has 7 heteroatoms. The summed E-state index contributed by atoms with van der Waals surface area (Å²) in [6.45, 7) is 1.87. The van der Waals surface area contributed by atoms with Crippen LogP contribution in [0.2, 0.25) is 5.02 Å². The third-order valence-corrected chi connectivity index (χ3v) is 4.86. The van der Waals surface area contributed by atoms with Crippen molar-refractivity contribution in [2.24, 2.45) is 5.92 Å². The smallest absolute Gasteiger partial charge is 0.411 e. The first-order valence-electron chi connectivity index (χ1n) is 8.29. The van der Waals surface area contributed by atoms with Gasteiger partial charge in [-0.2, -0.15) is 0 Å². The molecule has 0 radical (unpaired) electrons. The number of hydrogen-bond acceptors (Lipinski definition) is 2. The fourth-order valence-corrected chi connectivity index (χ4v) is 3.55. The van der Waals surface area contributed by atoms with Gasteiger partial charge in [0.25, 0.3) is 0 Å². The molecule has 0 aromatic heterocycles. The molecule has 1 heterocycles. The van der Waals surface area contributed by atoms with Crippen molar-refractivity contribution in [2.45, 2.75) is 6.42 Å². The number of halogens is 3. The first-order chi connectivity index (χ1) is 12.3. The first-order valence-corrected chi connectivity index (χ1v) is 8.67. The Morgan fingerprint density at radius 2 is 2.04 bits per heavy atom. The van der Waals surface area contributed by atoms with Crippen molar-refractivity contribution in [3.05, 3.63) is 53.1 Å². The molecule has 1 fully saturated rings. The van der Waals surface area contributed by atoms with Crippen LogP contribution in [0.1, 0.15) is 6.42 Å². The lowest BCUT2D eigenvalue weighted by atomic mass is 10.0. The van der Waals surface area contributed by atoms with Gasteiger partial charge in [0.05, 0.1) is 5.69 Å². The van der Waals surface area contributed by atoms with E-state index < -0.39 is 17.7 Å². The fourth-order valence-electron chi connectivity index (χ4n) is 3.36. The van der Waals surface area contributed by atoms with E-state index >= 15 is 0 Å². The minimum Gasteiger partial charge on any atom is -0.465 e. The zero-order valence-corrected chi connectivity index (χ0v) is 15.0. The van der Waals surface area contributed by atoms with Crippen LogP contribution in [0.4, 0.5) is 19.3 Å². The van der Waals surface area contributed by atoms with Crippen molar-refractivity contribution in [3.8, 4) is 11.1 Å². The number of benzene rings is 2. The Morgan fingerprint density at radius 1 is 1.31 bits per heavy atom. The van der Waals surface area contributed by atoms with E-state index in [2.05, 4.69) is 4.90 Å². The van der Waals surface area contributed by atoms with Gasteiger partial charge >= 0.3 is 6.09 Å². The van der Waals surface area contributed by atoms with Crippen LogP contribution >= 0.6 is 11.6 Å². The largest absolute Gasteiger partial charge is 0.465 e. The average Bonchev–Trinajstić information content (AvgIpc) is 3.00. The molecule has 2 aromatic rings. The Kier molecular flexibility index (Phi) is 5.44. The maximum atomic E-state index is 13.9. The van der Waals surface area contributed by atoms with Crippen molar-refractivity contribution in [1.82, 2.24) is 4.90 Å². The molecule has 1 saturated heterocycles. The molecule has 1 aliphatic rings. The van der Waals surface area contributed by atoms with Crippen LogP contribution in [0.5, 0.6) is 0 Å². The van der Waals surface area contributed by atoms with Crippen LogP contribution in [0.15, 0.2) is 36.4 Å². The van der Waals surface area contributed by atoms with Gasteiger partial charge in [-0.1, -0.05) is 23.7 Å². The van der Waals surface area contributed by atoms with Gasteiger partial charge in [-0.15, -0.1) is 0 Å². The molecule has 1 N–H and O–H groups in total. The third-order valence-electron chi connectivity index (χ3n) is 4.63. The van der Waals surface area contributed by atoms with E-state index in [0.29, 0.717) is 16.1 Å². The Bertz CT molecular complexity index is 831. The van der Waals surface area contributed by atoms with Crippen molar-refractivity contribution < 1.29 is 18.7 Å². The second kappa shape index (κ2) is 7.60. The zero-order chi connectivity index (χ0) is 18.8. The van der Waals surface area contributed by atoms with Gasteiger partial charge in [0, 0.05) is 29.7 Å². The number of carboxylic acid groups (broad SMARTS) is 1. The minimum atomic E-state index is -1.20.